The summed E-state index contributed by atoms with van der Waals surface area (Å²) >= 11 is 0. The Labute approximate surface area is 142 Å². The number of halogens is 3. The number of Topliss-reactive ketones (excluding diaryl/α,β-unsaturated/α-hetero) is 1. The van der Waals surface area contributed by atoms with E-state index in [4.69, 9.17) is 5.73 Å². The van der Waals surface area contributed by atoms with Gasteiger partial charge in [-0.25, -0.2) is 0 Å². The molecule has 4 fully saturated rings. The van der Waals surface area contributed by atoms with Crippen LogP contribution in [0.4, 0.5) is 13.2 Å². The predicted octanol–water partition coefficient (Wildman–Crippen LogP) is -0.0636. The first-order valence-corrected chi connectivity index (χ1v) is 8.20. The normalized spacial score (nSPS) is 33.0. The van der Waals surface area contributed by atoms with Crippen LogP contribution in [0.15, 0.2) is 0 Å². The number of primary amides is 1. The number of alkyl halides is 3. The van der Waals surface area contributed by atoms with Gasteiger partial charge in [0.15, 0.2) is 5.78 Å². The standard InChI is InChI=1S/C15H20F3N3O4/c16-15(17,18)25-7-11(22)10(3-9-1-2-20-12(9)23)21-6-8-4-14(21,5-8)13(19)24/h8-10H,1-7H2,(H2,19,24)(H,20,23)/t8?,9-,10-,14?/m0/s1. The zero-order valence-electron chi connectivity index (χ0n) is 13.5. The van der Waals surface area contributed by atoms with Crippen LogP contribution in [0.25, 0.3) is 0 Å². The zero-order valence-corrected chi connectivity index (χ0v) is 13.5. The molecule has 3 aliphatic heterocycles. The van der Waals surface area contributed by atoms with E-state index in [1.807, 2.05) is 0 Å². The maximum atomic E-state index is 12.4. The van der Waals surface area contributed by atoms with Crippen molar-refractivity contribution >= 4 is 17.6 Å². The van der Waals surface area contributed by atoms with E-state index >= 15 is 0 Å². The highest BCUT2D eigenvalue weighted by atomic mass is 19.4. The Balaban J connectivity index is 1.78. The molecule has 0 spiro atoms. The minimum Gasteiger partial charge on any atom is -0.368 e. The van der Waals surface area contributed by atoms with E-state index in [2.05, 4.69) is 10.1 Å². The molecule has 2 bridgehead atoms. The topological polar surface area (TPSA) is 102 Å². The van der Waals surface area contributed by atoms with Crippen molar-refractivity contribution in [3.8, 4) is 0 Å². The number of carbonyl (C=O) groups is 3. The molecule has 25 heavy (non-hydrogen) atoms. The van der Waals surface area contributed by atoms with Gasteiger partial charge in [0.2, 0.25) is 11.8 Å². The van der Waals surface area contributed by atoms with Gasteiger partial charge in [-0.15, -0.1) is 13.2 Å². The van der Waals surface area contributed by atoms with E-state index in [1.165, 1.54) is 0 Å². The average molecular weight is 363 g/mol. The van der Waals surface area contributed by atoms with Crippen LogP contribution in [0.3, 0.4) is 0 Å². The molecule has 0 aromatic heterocycles. The van der Waals surface area contributed by atoms with Crippen LogP contribution in [0, 0.1) is 11.8 Å². The number of nitrogens with zero attached hydrogens (tertiary/aromatic N) is 1. The maximum Gasteiger partial charge on any atom is 0.522 e. The average Bonchev–Trinajstić information content (AvgIpc) is 3.13. The van der Waals surface area contributed by atoms with Crippen LogP contribution < -0.4 is 11.1 Å². The Morgan fingerprint density at radius 2 is 2.08 bits per heavy atom. The molecular weight excluding hydrogens is 343 g/mol. The third-order valence-electron chi connectivity index (χ3n) is 5.51. The Hall–Kier alpha value is -1.68. The lowest BCUT2D eigenvalue weighted by Crippen LogP contribution is -2.60. The highest BCUT2D eigenvalue weighted by molar-refractivity contribution is 5.91. The number of carbonyl (C=O) groups excluding carboxylic acids is 3. The molecule has 4 aliphatic rings. The second kappa shape index (κ2) is 6.24. The molecule has 0 aromatic carbocycles. The Kier molecular flexibility index (Phi) is 4.52. The Morgan fingerprint density at radius 3 is 2.60 bits per heavy atom. The summed E-state index contributed by atoms with van der Waals surface area (Å²) < 4.78 is 40.5. The molecule has 3 saturated heterocycles. The lowest BCUT2D eigenvalue weighted by molar-refractivity contribution is -0.321. The molecule has 1 aliphatic carbocycles. The fraction of sp³-hybridized carbons (Fsp3) is 0.800. The van der Waals surface area contributed by atoms with Crippen molar-refractivity contribution in [2.24, 2.45) is 17.6 Å². The molecule has 3 N–H and O–H groups in total. The molecular formula is C15H20F3N3O4. The lowest BCUT2D eigenvalue weighted by atomic mass is 9.72. The minimum atomic E-state index is -4.92. The number of ketones is 1. The van der Waals surface area contributed by atoms with Gasteiger partial charge in [-0.3, -0.25) is 24.0 Å². The lowest BCUT2D eigenvalue weighted by Gasteiger charge is -2.42. The highest BCUT2D eigenvalue weighted by Gasteiger charge is 2.62. The third-order valence-corrected chi connectivity index (χ3v) is 5.51. The van der Waals surface area contributed by atoms with Crippen LogP contribution in [0.2, 0.25) is 0 Å². The summed E-state index contributed by atoms with van der Waals surface area (Å²) in [6.07, 6.45) is -3.34. The molecule has 0 unspecified atom stereocenters. The summed E-state index contributed by atoms with van der Waals surface area (Å²) in [6.45, 7) is -0.259. The van der Waals surface area contributed by atoms with Gasteiger partial charge >= 0.3 is 6.36 Å². The van der Waals surface area contributed by atoms with Gasteiger partial charge in [-0.1, -0.05) is 0 Å². The van der Waals surface area contributed by atoms with Gasteiger partial charge in [-0.05, 0) is 31.6 Å². The summed E-state index contributed by atoms with van der Waals surface area (Å²) in [6, 6.07) is -0.990. The van der Waals surface area contributed by atoms with Crippen molar-refractivity contribution in [3.05, 3.63) is 0 Å². The quantitative estimate of drug-likeness (QED) is 0.660. The van der Waals surface area contributed by atoms with E-state index < -0.39 is 42.2 Å². The zero-order chi connectivity index (χ0) is 18.4. The summed E-state index contributed by atoms with van der Waals surface area (Å²) in [5.74, 6) is -1.86. The molecule has 0 aromatic rings. The van der Waals surface area contributed by atoms with Crippen molar-refractivity contribution in [2.75, 3.05) is 19.7 Å². The Morgan fingerprint density at radius 1 is 1.40 bits per heavy atom. The van der Waals surface area contributed by atoms with E-state index in [0.29, 0.717) is 32.4 Å². The first-order valence-electron chi connectivity index (χ1n) is 8.20. The number of nitrogens with two attached hydrogens (primary N) is 1. The minimum absolute atomic E-state index is 0.0631. The number of nitrogens with one attached hydrogen (secondary N) is 1. The number of rotatable bonds is 7. The largest absolute Gasteiger partial charge is 0.522 e. The van der Waals surface area contributed by atoms with E-state index in [0.717, 1.165) is 0 Å². The van der Waals surface area contributed by atoms with Crippen molar-refractivity contribution < 1.29 is 32.3 Å². The number of ether oxygens (including phenoxy) is 1. The van der Waals surface area contributed by atoms with Crippen molar-refractivity contribution in [1.82, 2.24) is 10.2 Å². The molecule has 140 valence electrons. The van der Waals surface area contributed by atoms with Crippen LogP contribution in [-0.4, -0.2) is 60.1 Å². The van der Waals surface area contributed by atoms with Crippen LogP contribution >= 0.6 is 0 Å². The number of hydrogen-bond donors (Lipinski definition) is 2. The van der Waals surface area contributed by atoms with E-state index in [9.17, 15) is 27.6 Å². The molecule has 0 radical (unpaired) electrons. The summed E-state index contributed by atoms with van der Waals surface area (Å²) in [7, 11) is 0. The number of hydrogen-bond acceptors (Lipinski definition) is 5. The van der Waals surface area contributed by atoms with Gasteiger partial charge in [0.1, 0.15) is 12.1 Å². The number of fused-ring (bicyclic) bond motifs is 1. The second-order valence-electron chi connectivity index (χ2n) is 7.05. The second-order valence-corrected chi connectivity index (χ2v) is 7.05. The fourth-order valence-corrected chi connectivity index (χ4v) is 4.30. The monoisotopic (exact) mass is 363 g/mol. The third kappa shape index (κ3) is 3.37. The fourth-order valence-electron chi connectivity index (χ4n) is 4.30. The molecule has 4 rings (SSSR count). The summed E-state index contributed by atoms with van der Waals surface area (Å²) in [4.78, 5) is 37.8. The first kappa shape index (κ1) is 18.1. The SMILES string of the molecule is NC(=O)C12CC(CN1[C@@H](C[C@@H]1CCNC1=O)C(=O)COC(F)(F)F)C2. The molecule has 10 heteroatoms. The molecule has 3 heterocycles. The van der Waals surface area contributed by atoms with Crippen molar-refractivity contribution in [3.63, 3.8) is 0 Å². The molecule has 7 nitrogen and oxygen atoms in total. The predicted molar refractivity (Wildman–Crippen MR) is 77.9 cm³/mol. The summed E-state index contributed by atoms with van der Waals surface area (Å²) in [5.41, 5.74) is 4.51. The van der Waals surface area contributed by atoms with Gasteiger partial charge in [0.25, 0.3) is 0 Å². The molecule has 1 saturated carbocycles. The van der Waals surface area contributed by atoms with Crippen LogP contribution in [0.1, 0.15) is 25.7 Å². The first-order chi connectivity index (χ1) is 11.6. The molecule has 2 amide bonds. The van der Waals surface area contributed by atoms with Gasteiger partial charge < -0.3 is 11.1 Å². The van der Waals surface area contributed by atoms with Crippen LogP contribution in [-0.2, 0) is 19.1 Å². The van der Waals surface area contributed by atoms with Gasteiger partial charge in [0.05, 0.1) is 6.04 Å². The van der Waals surface area contributed by atoms with Crippen molar-refractivity contribution in [2.45, 2.75) is 43.6 Å². The van der Waals surface area contributed by atoms with Gasteiger partial charge in [-0.2, -0.15) is 0 Å². The molecule has 2 atom stereocenters. The highest BCUT2D eigenvalue weighted by Crippen LogP contribution is 2.52. The van der Waals surface area contributed by atoms with Crippen molar-refractivity contribution in [1.29, 1.82) is 0 Å². The van der Waals surface area contributed by atoms with E-state index in [1.54, 1.807) is 4.90 Å². The maximum absolute atomic E-state index is 12.4. The van der Waals surface area contributed by atoms with E-state index in [-0.39, 0.29) is 18.2 Å². The number of amides is 2. The smallest absolute Gasteiger partial charge is 0.368 e. The Bertz CT molecular complexity index is 589. The van der Waals surface area contributed by atoms with Crippen LogP contribution in [0.5, 0.6) is 0 Å². The summed E-state index contributed by atoms with van der Waals surface area (Å²) in [5, 5.41) is 2.64. The van der Waals surface area contributed by atoms with Gasteiger partial charge in [0, 0.05) is 19.0 Å².